The molecule has 0 atom stereocenters. The molecule has 1 aliphatic heterocycles. The Morgan fingerprint density at radius 1 is 1.00 bits per heavy atom. The summed E-state index contributed by atoms with van der Waals surface area (Å²) in [4.78, 5) is 26.9. The maximum Gasteiger partial charge on any atom is 0.449 e. The number of anilines is 2. The second-order valence-electron chi connectivity index (χ2n) is 7.86. The molecular formula is C24H24F3N5O. The molecule has 0 amide bonds. The van der Waals surface area contributed by atoms with Crippen LogP contribution in [0.4, 0.5) is 24.8 Å². The molecule has 6 nitrogen and oxygen atoms in total. The quantitative estimate of drug-likeness (QED) is 0.530. The normalized spacial score (nSPS) is 13.8. The smallest absolute Gasteiger partial charge is 0.370 e. The number of fused-ring (bicyclic) bond motifs is 1. The van der Waals surface area contributed by atoms with Crippen molar-refractivity contribution in [2.75, 3.05) is 29.9 Å². The molecule has 0 unspecified atom stereocenters. The molecule has 4 rings (SSSR count). The number of ketones is 1. The summed E-state index contributed by atoms with van der Waals surface area (Å²) in [5.74, 6) is -0.0658. The van der Waals surface area contributed by atoms with Crippen molar-refractivity contribution < 1.29 is 18.0 Å². The zero-order valence-electron chi connectivity index (χ0n) is 18.0. The third-order valence-corrected chi connectivity index (χ3v) is 5.55. The number of nitrogens with zero attached hydrogens (tertiary/aromatic N) is 4. The van der Waals surface area contributed by atoms with E-state index in [1.165, 1.54) is 11.1 Å². The van der Waals surface area contributed by atoms with Gasteiger partial charge in [0.1, 0.15) is 17.3 Å². The highest BCUT2D eigenvalue weighted by Crippen LogP contribution is 2.25. The van der Waals surface area contributed by atoms with E-state index in [-0.39, 0.29) is 13.0 Å². The Hall–Kier alpha value is -3.49. The zero-order valence-corrected chi connectivity index (χ0v) is 18.0. The number of hydrogen-bond donors (Lipinski definition) is 1. The lowest BCUT2D eigenvalue weighted by molar-refractivity contribution is -0.171. The van der Waals surface area contributed by atoms with Gasteiger partial charge in [-0.3, -0.25) is 9.78 Å². The van der Waals surface area contributed by atoms with Crippen LogP contribution in [0.25, 0.3) is 11.5 Å². The maximum atomic E-state index is 12.4. The first-order valence-corrected chi connectivity index (χ1v) is 10.9. The lowest BCUT2D eigenvalue weighted by Gasteiger charge is -2.22. The van der Waals surface area contributed by atoms with Crippen LogP contribution in [0.3, 0.4) is 0 Å². The van der Waals surface area contributed by atoms with Crippen molar-refractivity contribution in [1.29, 1.82) is 0 Å². The first-order chi connectivity index (χ1) is 15.9. The minimum atomic E-state index is -4.79. The van der Waals surface area contributed by atoms with Crippen molar-refractivity contribution in [1.82, 2.24) is 15.0 Å². The Kier molecular flexibility index (Phi) is 6.86. The molecule has 3 heterocycles. The van der Waals surface area contributed by atoms with Crippen LogP contribution >= 0.6 is 0 Å². The molecule has 0 spiro atoms. The van der Waals surface area contributed by atoms with Crippen molar-refractivity contribution in [3.05, 3.63) is 65.9 Å². The molecule has 0 saturated heterocycles. The van der Waals surface area contributed by atoms with Gasteiger partial charge in [-0.15, -0.1) is 0 Å². The first-order valence-electron chi connectivity index (χ1n) is 10.9. The first kappa shape index (κ1) is 22.7. The Morgan fingerprint density at radius 3 is 2.33 bits per heavy atom. The summed E-state index contributed by atoms with van der Waals surface area (Å²) in [6.07, 6.45) is -1.87. The van der Waals surface area contributed by atoms with Gasteiger partial charge >= 0.3 is 6.18 Å². The summed E-state index contributed by atoms with van der Waals surface area (Å²) in [6, 6.07) is 15.6. The van der Waals surface area contributed by atoms with E-state index < -0.39 is 18.4 Å². The average Bonchev–Trinajstić information content (AvgIpc) is 3.04. The summed E-state index contributed by atoms with van der Waals surface area (Å²) in [5, 5.41) is 3.05. The number of hydrogen-bond acceptors (Lipinski definition) is 6. The lowest BCUT2D eigenvalue weighted by Crippen LogP contribution is -2.27. The van der Waals surface area contributed by atoms with E-state index in [0.717, 1.165) is 31.7 Å². The number of nitrogens with one attached hydrogen (secondary N) is 1. The Bertz CT molecular complexity index is 1080. The van der Waals surface area contributed by atoms with Crippen molar-refractivity contribution >= 4 is 17.4 Å². The van der Waals surface area contributed by atoms with Crippen LogP contribution in [0.2, 0.25) is 0 Å². The van der Waals surface area contributed by atoms with Crippen LogP contribution in [0.1, 0.15) is 24.0 Å². The van der Waals surface area contributed by atoms with Gasteiger partial charge in [0, 0.05) is 38.3 Å². The predicted molar refractivity (Wildman–Crippen MR) is 120 cm³/mol. The summed E-state index contributed by atoms with van der Waals surface area (Å²) in [6.45, 7) is 1.76. The third kappa shape index (κ3) is 5.85. The lowest BCUT2D eigenvalue weighted by atomic mass is 10.0. The number of aromatic nitrogens is 3. The summed E-state index contributed by atoms with van der Waals surface area (Å²) in [7, 11) is 0. The van der Waals surface area contributed by atoms with Crippen molar-refractivity contribution in [3.63, 3.8) is 0 Å². The molecular weight excluding hydrogens is 431 g/mol. The molecule has 172 valence electrons. The summed E-state index contributed by atoms with van der Waals surface area (Å²) in [5.41, 5.74) is 3.26. The molecule has 33 heavy (non-hydrogen) atoms. The minimum Gasteiger partial charge on any atom is -0.370 e. The molecule has 0 saturated carbocycles. The predicted octanol–water partition coefficient (Wildman–Crippen LogP) is 4.47. The summed E-state index contributed by atoms with van der Waals surface area (Å²) >= 11 is 0. The van der Waals surface area contributed by atoms with E-state index in [0.29, 0.717) is 17.3 Å². The van der Waals surface area contributed by atoms with Crippen LogP contribution in [-0.4, -0.2) is 46.5 Å². The zero-order chi connectivity index (χ0) is 23.3. The standard InChI is InChI=1S/C24H24F3N5O/c25-24(26,27)20(33)9-5-13-29-21-16-22(31-23(30-21)19-8-3-4-12-28-19)32-14-10-17-6-1-2-7-18(17)11-15-32/h1-4,6-8,12,16H,5,9-11,13-15H2,(H,29,30,31). The molecule has 0 aliphatic carbocycles. The second kappa shape index (κ2) is 9.97. The third-order valence-electron chi connectivity index (χ3n) is 5.55. The molecule has 0 radical (unpaired) electrons. The van der Waals surface area contributed by atoms with Crippen LogP contribution in [0.15, 0.2) is 54.7 Å². The highest BCUT2D eigenvalue weighted by molar-refractivity contribution is 5.83. The van der Waals surface area contributed by atoms with Gasteiger partial charge in [0.25, 0.3) is 0 Å². The highest BCUT2D eigenvalue weighted by atomic mass is 19.4. The SMILES string of the molecule is O=C(CCCNc1cc(N2CCc3ccccc3CC2)nc(-c2ccccn2)n1)C(F)(F)F. The molecule has 0 bridgehead atoms. The van der Waals surface area contributed by atoms with Gasteiger partial charge < -0.3 is 10.2 Å². The Morgan fingerprint density at radius 2 is 1.70 bits per heavy atom. The second-order valence-corrected chi connectivity index (χ2v) is 7.86. The topological polar surface area (TPSA) is 71.0 Å². The van der Waals surface area contributed by atoms with E-state index in [9.17, 15) is 18.0 Å². The minimum absolute atomic E-state index is 0.0512. The number of Topliss-reactive ketones (excluding diaryl/α,β-unsaturated/α-hetero) is 1. The molecule has 0 fully saturated rings. The van der Waals surface area contributed by atoms with E-state index in [1.807, 2.05) is 24.3 Å². The van der Waals surface area contributed by atoms with Gasteiger partial charge in [-0.05, 0) is 42.5 Å². The number of pyridine rings is 1. The largest absolute Gasteiger partial charge is 0.449 e. The fourth-order valence-corrected chi connectivity index (χ4v) is 3.80. The monoisotopic (exact) mass is 455 g/mol. The molecule has 3 aromatic rings. The molecule has 9 heteroatoms. The average molecular weight is 455 g/mol. The number of halogens is 3. The van der Waals surface area contributed by atoms with Gasteiger partial charge in [-0.25, -0.2) is 9.97 Å². The molecule has 2 aromatic heterocycles. The maximum absolute atomic E-state index is 12.4. The number of carbonyl (C=O) groups excluding carboxylic acids is 1. The van der Waals surface area contributed by atoms with E-state index in [2.05, 4.69) is 32.3 Å². The van der Waals surface area contributed by atoms with Crippen molar-refractivity contribution in [3.8, 4) is 11.5 Å². The van der Waals surface area contributed by atoms with Crippen molar-refractivity contribution in [2.45, 2.75) is 31.9 Å². The van der Waals surface area contributed by atoms with Crippen LogP contribution < -0.4 is 10.2 Å². The highest BCUT2D eigenvalue weighted by Gasteiger charge is 2.37. The number of benzene rings is 1. The van der Waals surface area contributed by atoms with Crippen molar-refractivity contribution in [2.24, 2.45) is 0 Å². The van der Waals surface area contributed by atoms with Gasteiger partial charge in [-0.1, -0.05) is 30.3 Å². The van der Waals surface area contributed by atoms with Gasteiger partial charge in [0.05, 0.1) is 0 Å². The fraction of sp³-hybridized carbons (Fsp3) is 0.333. The van der Waals surface area contributed by atoms with E-state index >= 15 is 0 Å². The van der Waals surface area contributed by atoms with Gasteiger partial charge in [0.2, 0.25) is 5.78 Å². The fourth-order valence-electron chi connectivity index (χ4n) is 3.80. The molecule has 1 N–H and O–H groups in total. The van der Waals surface area contributed by atoms with Crippen LogP contribution in [0, 0.1) is 0 Å². The van der Waals surface area contributed by atoms with E-state index in [4.69, 9.17) is 4.98 Å². The van der Waals surface area contributed by atoms with Gasteiger partial charge in [0.15, 0.2) is 5.82 Å². The Labute approximate surface area is 189 Å². The number of carbonyl (C=O) groups is 1. The number of alkyl halides is 3. The summed E-state index contributed by atoms with van der Waals surface area (Å²) < 4.78 is 37.3. The Balaban J connectivity index is 1.52. The number of rotatable bonds is 7. The van der Waals surface area contributed by atoms with E-state index in [1.54, 1.807) is 18.3 Å². The molecule has 1 aromatic carbocycles. The van der Waals surface area contributed by atoms with Crippen LogP contribution in [0.5, 0.6) is 0 Å². The van der Waals surface area contributed by atoms with Crippen LogP contribution in [-0.2, 0) is 17.6 Å². The van der Waals surface area contributed by atoms with Gasteiger partial charge in [-0.2, -0.15) is 13.2 Å². The molecule has 1 aliphatic rings.